The molecule has 1 heterocycles. The van der Waals surface area contributed by atoms with E-state index in [-0.39, 0.29) is 18.1 Å². The van der Waals surface area contributed by atoms with Gasteiger partial charge in [-0.1, -0.05) is 44.2 Å². The highest BCUT2D eigenvalue weighted by atomic mass is 16.5. The zero-order chi connectivity index (χ0) is 14.5. The lowest BCUT2D eigenvalue weighted by molar-refractivity contribution is -0.139. The Kier molecular flexibility index (Phi) is 5.15. The minimum atomic E-state index is -0.0690. The van der Waals surface area contributed by atoms with Crippen LogP contribution >= 0.6 is 0 Å². The fraction of sp³-hybridized carbons (Fsp3) is 0.562. The molecule has 1 saturated heterocycles. The normalized spacial score (nSPS) is 21.0. The van der Waals surface area contributed by atoms with Gasteiger partial charge < -0.3 is 15.4 Å². The summed E-state index contributed by atoms with van der Waals surface area (Å²) in [5.74, 6) is 0.459. The lowest BCUT2D eigenvalue weighted by Gasteiger charge is -2.34. The van der Waals surface area contributed by atoms with E-state index in [9.17, 15) is 4.79 Å². The number of carbonyl (C=O) groups excluding carboxylic acids is 1. The van der Waals surface area contributed by atoms with Gasteiger partial charge in [-0.05, 0) is 11.5 Å². The molecule has 0 bridgehead atoms. The summed E-state index contributed by atoms with van der Waals surface area (Å²) in [4.78, 5) is 14.2. The molecule has 0 aromatic heterocycles. The van der Waals surface area contributed by atoms with Crippen molar-refractivity contribution in [2.45, 2.75) is 32.4 Å². The van der Waals surface area contributed by atoms with Crippen LogP contribution in [-0.4, -0.2) is 36.5 Å². The van der Waals surface area contributed by atoms with Gasteiger partial charge in [0, 0.05) is 19.0 Å². The highest BCUT2D eigenvalue weighted by Gasteiger charge is 2.26. The lowest BCUT2D eigenvalue weighted by atomic mass is 10.0. The second kappa shape index (κ2) is 6.86. The van der Waals surface area contributed by atoms with E-state index >= 15 is 0 Å². The number of nitrogens with two attached hydrogens (primary N) is 1. The van der Waals surface area contributed by atoms with E-state index in [1.807, 2.05) is 49.1 Å². The summed E-state index contributed by atoms with van der Waals surface area (Å²) in [6.07, 6.45) is 0.392. The van der Waals surface area contributed by atoms with E-state index in [1.54, 1.807) is 0 Å². The molecule has 2 N–H and O–H groups in total. The Morgan fingerprint density at radius 3 is 2.75 bits per heavy atom. The Hall–Kier alpha value is -1.39. The molecule has 1 amide bonds. The molecule has 1 aliphatic heterocycles. The van der Waals surface area contributed by atoms with Crippen LogP contribution in [0.15, 0.2) is 30.3 Å². The minimum Gasteiger partial charge on any atom is -0.370 e. The molecule has 20 heavy (non-hydrogen) atoms. The van der Waals surface area contributed by atoms with Crippen LogP contribution < -0.4 is 5.73 Å². The van der Waals surface area contributed by atoms with Crippen LogP contribution in [0.1, 0.15) is 31.9 Å². The maximum atomic E-state index is 12.3. The molecule has 2 atom stereocenters. The average Bonchev–Trinajstić information content (AvgIpc) is 2.48. The number of benzene rings is 1. The summed E-state index contributed by atoms with van der Waals surface area (Å²) in [7, 11) is 0. The Balaban J connectivity index is 1.95. The third-order valence-electron chi connectivity index (χ3n) is 3.86. The average molecular weight is 276 g/mol. The fourth-order valence-electron chi connectivity index (χ4n) is 2.31. The maximum absolute atomic E-state index is 12.3. The lowest BCUT2D eigenvalue weighted by Crippen LogP contribution is -2.44. The number of hydrogen-bond donors (Lipinski definition) is 1. The first-order valence-corrected chi connectivity index (χ1v) is 7.28. The van der Waals surface area contributed by atoms with Crippen LogP contribution in [-0.2, 0) is 9.53 Å². The van der Waals surface area contributed by atoms with E-state index < -0.39 is 0 Å². The number of carbonyl (C=O) groups is 1. The molecule has 1 aliphatic rings. The molecule has 110 valence electrons. The first-order chi connectivity index (χ1) is 9.58. The summed E-state index contributed by atoms with van der Waals surface area (Å²) >= 11 is 0. The van der Waals surface area contributed by atoms with Crippen LogP contribution in [0.4, 0.5) is 0 Å². The van der Waals surface area contributed by atoms with Gasteiger partial charge in [-0.3, -0.25) is 4.79 Å². The topological polar surface area (TPSA) is 55.6 Å². The molecule has 2 unspecified atom stereocenters. The number of amides is 1. The summed E-state index contributed by atoms with van der Waals surface area (Å²) in [5.41, 5.74) is 7.11. The zero-order valence-electron chi connectivity index (χ0n) is 12.3. The van der Waals surface area contributed by atoms with Gasteiger partial charge in [-0.15, -0.1) is 0 Å². The predicted octanol–water partition coefficient (Wildman–Crippen LogP) is 1.96. The third kappa shape index (κ3) is 3.81. The first-order valence-electron chi connectivity index (χ1n) is 7.28. The van der Waals surface area contributed by atoms with Gasteiger partial charge in [-0.25, -0.2) is 0 Å². The van der Waals surface area contributed by atoms with E-state index in [0.29, 0.717) is 32.0 Å². The SMILES string of the molecule is CC(C)C(N)CC(=O)N1CCOC(c2ccccc2)C1. The first kappa shape index (κ1) is 15.0. The second-order valence-electron chi connectivity index (χ2n) is 5.72. The number of morpholine rings is 1. The molecule has 4 nitrogen and oxygen atoms in total. The van der Waals surface area contributed by atoms with Gasteiger partial charge >= 0.3 is 0 Å². The number of ether oxygens (including phenoxy) is 1. The molecular weight excluding hydrogens is 252 g/mol. The molecule has 1 aromatic rings. The van der Waals surface area contributed by atoms with Crippen LogP contribution in [0.3, 0.4) is 0 Å². The zero-order valence-corrected chi connectivity index (χ0v) is 12.3. The van der Waals surface area contributed by atoms with Crippen LogP contribution in [0.25, 0.3) is 0 Å². The molecule has 0 aliphatic carbocycles. The number of hydrogen-bond acceptors (Lipinski definition) is 3. The molecule has 0 saturated carbocycles. The smallest absolute Gasteiger partial charge is 0.224 e. The van der Waals surface area contributed by atoms with Crippen molar-refractivity contribution < 1.29 is 9.53 Å². The molecule has 4 heteroatoms. The molecule has 1 aromatic carbocycles. The van der Waals surface area contributed by atoms with Crippen molar-refractivity contribution in [1.82, 2.24) is 4.90 Å². The van der Waals surface area contributed by atoms with Crippen molar-refractivity contribution in [3.8, 4) is 0 Å². The summed E-state index contributed by atoms with van der Waals surface area (Å²) in [5, 5.41) is 0. The summed E-state index contributed by atoms with van der Waals surface area (Å²) < 4.78 is 5.77. The van der Waals surface area contributed by atoms with E-state index in [0.717, 1.165) is 5.56 Å². The maximum Gasteiger partial charge on any atom is 0.224 e. The van der Waals surface area contributed by atoms with Crippen molar-refractivity contribution in [2.75, 3.05) is 19.7 Å². The van der Waals surface area contributed by atoms with Gasteiger partial charge in [0.05, 0.1) is 13.2 Å². The second-order valence-corrected chi connectivity index (χ2v) is 5.72. The predicted molar refractivity (Wildman–Crippen MR) is 79.1 cm³/mol. The van der Waals surface area contributed by atoms with Crippen molar-refractivity contribution in [1.29, 1.82) is 0 Å². The number of nitrogens with zero attached hydrogens (tertiary/aromatic N) is 1. The van der Waals surface area contributed by atoms with Crippen LogP contribution in [0.2, 0.25) is 0 Å². The molecule has 0 radical (unpaired) electrons. The Morgan fingerprint density at radius 2 is 2.10 bits per heavy atom. The van der Waals surface area contributed by atoms with Gasteiger partial charge in [0.25, 0.3) is 0 Å². The van der Waals surface area contributed by atoms with Crippen molar-refractivity contribution in [3.63, 3.8) is 0 Å². The van der Waals surface area contributed by atoms with Crippen molar-refractivity contribution in [3.05, 3.63) is 35.9 Å². The fourth-order valence-corrected chi connectivity index (χ4v) is 2.31. The van der Waals surface area contributed by atoms with Gasteiger partial charge in [0.1, 0.15) is 6.10 Å². The van der Waals surface area contributed by atoms with Crippen LogP contribution in [0.5, 0.6) is 0 Å². The van der Waals surface area contributed by atoms with Crippen LogP contribution in [0, 0.1) is 5.92 Å². The Morgan fingerprint density at radius 1 is 1.40 bits per heavy atom. The quantitative estimate of drug-likeness (QED) is 0.914. The summed E-state index contributed by atoms with van der Waals surface area (Å²) in [6.45, 7) is 5.96. The molecule has 2 rings (SSSR count). The molecular formula is C16H24N2O2. The van der Waals surface area contributed by atoms with Gasteiger partial charge in [0.15, 0.2) is 0 Å². The monoisotopic (exact) mass is 276 g/mol. The Bertz CT molecular complexity index is 433. The van der Waals surface area contributed by atoms with Gasteiger partial charge in [-0.2, -0.15) is 0 Å². The van der Waals surface area contributed by atoms with Crippen molar-refractivity contribution in [2.24, 2.45) is 11.7 Å². The molecule has 1 fully saturated rings. The van der Waals surface area contributed by atoms with E-state index in [2.05, 4.69) is 0 Å². The van der Waals surface area contributed by atoms with E-state index in [4.69, 9.17) is 10.5 Å². The van der Waals surface area contributed by atoms with Crippen molar-refractivity contribution >= 4 is 5.91 Å². The minimum absolute atomic E-state index is 0.0239. The highest BCUT2D eigenvalue weighted by molar-refractivity contribution is 5.77. The van der Waals surface area contributed by atoms with E-state index in [1.165, 1.54) is 0 Å². The highest BCUT2D eigenvalue weighted by Crippen LogP contribution is 2.22. The van der Waals surface area contributed by atoms with Gasteiger partial charge in [0.2, 0.25) is 5.91 Å². The third-order valence-corrected chi connectivity index (χ3v) is 3.86. The molecule has 0 spiro atoms. The Labute approximate surface area is 120 Å². The summed E-state index contributed by atoms with van der Waals surface area (Å²) in [6, 6.07) is 9.98. The standard InChI is InChI=1S/C16H24N2O2/c1-12(2)14(17)10-16(19)18-8-9-20-15(11-18)13-6-4-3-5-7-13/h3-7,12,14-15H,8-11,17H2,1-2H3. The largest absolute Gasteiger partial charge is 0.370 e. The number of rotatable bonds is 4.